The Bertz CT molecular complexity index is 877. The van der Waals surface area contributed by atoms with Gasteiger partial charge in [-0.25, -0.2) is 0 Å². The fourth-order valence-corrected chi connectivity index (χ4v) is 4.13. The zero-order chi connectivity index (χ0) is 35.9. The summed E-state index contributed by atoms with van der Waals surface area (Å²) >= 11 is 0. The van der Waals surface area contributed by atoms with E-state index in [1.54, 1.807) is 41.7 Å². The van der Waals surface area contributed by atoms with E-state index in [4.69, 9.17) is 0 Å². The van der Waals surface area contributed by atoms with E-state index in [2.05, 4.69) is 43.6 Å². The Kier molecular flexibility index (Phi) is 27.7. The van der Waals surface area contributed by atoms with Crippen molar-refractivity contribution in [3.05, 3.63) is 12.2 Å². The van der Waals surface area contributed by atoms with Gasteiger partial charge in [0.05, 0.1) is 12.1 Å². The predicted molar refractivity (Wildman–Crippen MR) is 188 cm³/mol. The van der Waals surface area contributed by atoms with Gasteiger partial charge in [-0.1, -0.05) is 114 Å². The van der Waals surface area contributed by atoms with E-state index >= 15 is 0 Å². The van der Waals surface area contributed by atoms with Crippen LogP contribution in [0.4, 0.5) is 0 Å². The first kappa shape index (κ1) is 46.9. The van der Waals surface area contributed by atoms with Crippen molar-refractivity contribution in [1.82, 2.24) is 20.9 Å². The topological polar surface area (TPSA) is 125 Å². The molecular weight excluding hydrogens is 568 g/mol. The average molecular weight is 639 g/mol. The molecule has 3 amide bonds. The highest BCUT2D eigenvalue weighted by molar-refractivity contribution is 6.10. The van der Waals surface area contributed by atoms with Crippen molar-refractivity contribution in [2.75, 3.05) is 14.1 Å². The first-order valence-electron chi connectivity index (χ1n) is 17.1. The standard InChI is InChI=1S/C28H50N4O5.2C4H10/c1-12-13-14-19(8)25(34)24(27(36)30-22(17(4)5)20(9)33)32(11)28(37)23(18(6)7)31-26(35)21(29-10)15-16(2)3;2*1-3-4-2/h12-13,16-19,21-24,29H,14-15H2,1-11H3,(H,30,36)(H,31,35);2*3-4H2,1-2H3/b13-12+;;/t19-,21+,22+,23+,24?;;/m1../s1. The lowest BCUT2D eigenvalue weighted by atomic mass is 9.92. The van der Waals surface area contributed by atoms with Crippen molar-refractivity contribution in [3.8, 4) is 0 Å². The molecule has 5 atom stereocenters. The largest absolute Gasteiger partial charge is 0.344 e. The summed E-state index contributed by atoms with van der Waals surface area (Å²) in [4.78, 5) is 66.8. The number of rotatable bonds is 18. The van der Waals surface area contributed by atoms with E-state index in [9.17, 15) is 24.0 Å². The highest BCUT2D eigenvalue weighted by Gasteiger charge is 2.40. The lowest BCUT2D eigenvalue weighted by Crippen LogP contribution is -2.61. The first-order chi connectivity index (χ1) is 20.9. The summed E-state index contributed by atoms with van der Waals surface area (Å²) in [7, 11) is 3.09. The van der Waals surface area contributed by atoms with Gasteiger partial charge < -0.3 is 20.9 Å². The minimum Gasteiger partial charge on any atom is -0.344 e. The Balaban J connectivity index is -0.00000195. The molecule has 0 bridgehead atoms. The van der Waals surface area contributed by atoms with Gasteiger partial charge in [0.1, 0.15) is 6.04 Å². The number of hydrogen-bond donors (Lipinski definition) is 3. The SMILES string of the molecule is C/C=C/C[C@@H](C)C(=O)C(C(=O)N[C@H](C(C)=O)C(C)C)N(C)C(=O)[C@@H](NC(=O)[C@H](CC(C)C)NC)C(C)C.CCCC.CCCC. The highest BCUT2D eigenvalue weighted by atomic mass is 16.2. The summed E-state index contributed by atoms with van der Waals surface area (Å²) in [5.74, 6) is -3.00. The number of nitrogens with one attached hydrogen (secondary N) is 3. The van der Waals surface area contributed by atoms with E-state index in [0.717, 1.165) is 4.90 Å². The Morgan fingerprint density at radius 1 is 0.733 bits per heavy atom. The molecule has 0 fully saturated rings. The number of carbonyl (C=O) groups is 5. The van der Waals surface area contributed by atoms with Gasteiger partial charge in [0.25, 0.3) is 5.91 Å². The molecule has 0 saturated heterocycles. The van der Waals surface area contributed by atoms with Crippen molar-refractivity contribution < 1.29 is 24.0 Å². The quantitative estimate of drug-likeness (QED) is 0.123. The van der Waals surface area contributed by atoms with Crippen LogP contribution < -0.4 is 16.0 Å². The molecule has 0 aliphatic carbocycles. The van der Waals surface area contributed by atoms with E-state index in [-0.39, 0.29) is 29.4 Å². The van der Waals surface area contributed by atoms with Crippen molar-refractivity contribution in [2.45, 2.75) is 153 Å². The Morgan fingerprint density at radius 3 is 1.51 bits per heavy atom. The van der Waals surface area contributed by atoms with Crippen molar-refractivity contribution in [3.63, 3.8) is 0 Å². The Hall–Kier alpha value is -2.55. The third-order valence-electron chi connectivity index (χ3n) is 7.47. The van der Waals surface area contributed by atoms with Gasteiger partial charge >= 0.3 is 0 Å². The van der Waals surface area contributed by atoms with Crippen molar-refractivity contribution in [1.29, 1.82) is 0 Å². The third-order valence-corrected chi connectivity index (χ3v) is 7.47. The third kappa shape index (κ3) is 19.5. The molecule has 0 aliphatic heterocycles. The molecule has 0 aromatic rings. The molecule has 0 rings (SSSR count). The highest BCUT2D eigenvalue weighted by Crippen LogP contribution is 2.17. The number of amides is 3. The molecule has 0 radical (unpaired) electrons. The second kappa shape index (κ2) is 26.6. The van der Waals surface area contributed by atoms with E-state index < -0.39 is 47.7 Å². The van der Waals surface area contributed by atoms with Crippen LogP contribution in [0.2, 0.25) is 0 Å². The Morgan fingerprint density at radius 2 is 1.18 bits per heavy atom. The van der Waals surface area contributed by atoms with Crippen LogP contribution in [0.3, 0.4) is 0 Å². The summed E-state index contributed by atoms with van der Waals surface area (Å²) in [6, 6.07) is -3.65. The fourth-order valence-electron chi connectivity index (χ4n) is 4.13. The maximum atomic E-state index is 13.7. The molecule has 9 heteroatoms. The maximum Gasteiger partial charge on any atom is 0.251 e. The number of unbranched alkanes of at least 4 members (excludes halogenated alkanes) is 2. The summed E-state index contributed by atoms with van der Waals surface area (Å²) < 4.78 is 0. The molecular formula is C36H70N4O5. The minimum atomic E-state index is -1.44. The molecule has 0 aromatic carbocycles. The number of ketones is 2. The smallest absolute Gasteiger partial charge is 0.251 e. The number of likely N-dealkylation sites (N-methyl/N-ethyl adjacent to an activating group) is 2. The van der Waals surface area contributed by atoms with Crippen LogP contribution in [-0.2, 0) is 24.0 Å². The number of Topliss-reactive ketones (excluding diaryl/α,β-unsaturated/α-hetero) is 2. The summed E-state index contributed by atoms with van der Waals surface area (Å²) in [5.41, 5.74) is 0. The zero-order valence-electron chi connectivity index (χ0n) is 31.5. The maximum absolute atomic E-state index is 13.7. The van der Waals surface area contributed by atoms with E-state index in [1.807, 2.05) is 32.9 Å². The summed E-state index contributed by atoms with van der Waals surface area (Å²) in [6.45, 7) is 24.8. The Labute approximate surface area is 276 Å². The molecule has 1 unspecified atom stereocenters. The predicted octanol–water partition coefficient (Wildman–Crippen LogP) is 6.10. The molecule has 0 aromatic heterocycles. The molecule has 264 valence electrons. The second-order valence-electron chi connectivity index (χ2n) is 13.0. The van der Waals surface area contributed by atoms with Crippen LogP contribution in [0, 0.1) is 23.7 Å². The van der Waals surface area contributed by atoms with Gasteiger partial charge in [0.15, 0.2) is 17.6 Å². The lowest BCUT2D eigenvalue weighted by Gasteiger charge is -2.34. The molecule has 45 heavy (non-hydrogen) atoms. The van der Waals surface area contributed by atoms with Crippen LogP contribution in [0.25, 0.3) is 0 Å². The lowest BCUT2D eigenvalue weighted by molar-refractivity contribution is -0.149. The van der Waals surface area contributed by atoms with Crippen LogP contribution in [0.5, 0.6) is 0 Å². The van der Waals surface area contributed by atoms with Gasteiger partial charge in [-0.15, -0.1) is 0 Å². The van der Waals surface area contributed by atoms with Crippen LogP contribution >= 0.6 is 0 Å². The average Bonchev–Trinajstić information content (AvgIpc) is 2.98. The molecule has 0 spiro atoms. The van der Waals surface area contributed by atoms with Crippen molar-refractivity contribution in [2.24, 2.45) is 23.7 Å². The second-order valence-corrected chi connectivity index (χ2v) is 13.0. The van der Waals surface area contributed by atoms with E-state index in [0.29, 0.717) is 12.8 Å². The number of nitrogens with zero attached hydrogens (tertiary/aromatic N) is 1. The van der Waals surface area contributed by atoms with Crippen LogP contribution in [0.1, 0.15) is 129 Å². The van der Waals surface area contributed by atoms with Gasteiger partial charge in [-0.05, 0) is 51.5 Å². The number of hydrogen-bond acceptors (Lipinski definition) is 6. The molecule has 0 aliphatic rings. The van der Waals surface area contributed by atoms with Gasteiger partial charge in [-0.3, -0.25) is 24.0 Å². The normalized spacial score (nSPS) is 14.4. The van der Waals surface area contributed by atoms with Gasteiger partial charge in [0, 0.05) is 13.0 Å². The molecule has 3 N–H and O–H groups in total. The van der Waals surface area contributed by atoms with Crippen molar-refractivity contribution >= 4 is 29.3 Å². The van der Waals surface area contributed by atoms with E-state index in [1.165, 1.54) is 39.7 Å². The monoisotopic (exact) mass is 639 g/mol. The zero-order valence-corrected chi connectivity index (χ0v) is 31.5. The van der Waals surface area contributed by atoms with Crippen LogP contribution in [-0.4, -0.2) is 72.5 Å². The first-order valence-corrected chi connectivity index (χ1v) is 17.1. The van der Waals surface area contributed by atoms with Gasteiger partial charge in [-0.2, -0.15) is 0 Å². The number of allylic oxidation sites excluding steroid dienone is 2. The van der Waals surface area contributed by atoms with Gasteiger partial charge in [0.2, 0.25) is 11.8 Å². The summed E-state index contributed by atoms with van der Waals surface area (Å²) in [6.07, 6.45) is 9.92. The summed E-state index contributed by atoms with van der Waals surface area (Å²) in [5, 5.41) is 8.50. The minimum absolute atomic E-state index is 0.194. The number of carbonyl (C=O) groups excluding carboxylic acids is 5. The molecule has 9 nitrogen and oxygen atoms in total. The van der Waals surface area contributed by atoms with Crippen LogP contribution in [0.15, 0.2) is 12.2 Å². The molecule has 0 saturated carbocycles. The fraction of sp³-hybridized carbons (Fsp3) is 0.806. The molecule has 0 heterocycles.